The van der Waals surface area contributed by atoms with E-state index in [1.165, 1.54) is 23.1 Å². The molecule has 1 saturated heterocycles. The molecule has 0 aliphatic carbocycles. The number of anilines is 1. The van der Waals surface area contributed by atoms with Crippen LogP contribution in [0, 0.1) is 19.7 Å². The van der Waals surface area contributed by atoms with Crippen LogP contribution in [0.4, 0.5) is 14.9 Å². The molecule has 0 spiro atoms. The van der Waals surface area contributed by atoms with E-state index in [9.17, 15) is 18.8 Å². The number of hydrogen-bond acceptors (Lipinski definition) is 3. The normalized spacial score (nSPS) is 18.7. The smallest absolute Gasteiger partial charge is 0.319 e. The van der Waals surface area contributed by atoms with Gasteiger partial charge in [-0.25, -0.2) is 9.18 Å². The maximum atomic E-state index is 13.7. The van der Waals surface area contributed by atoms with Gasteiger partial charge in [-0.15, -0.1) is 0 Å². The molecule has 0 radical (unpaired) electrons. The first-order valence-corrected chi connectivity index (χ1v) is 10.4. The molecule has 3 N–H and O–H groups in total. The second-order valence-electron chi connectivity index (χ2n) is 8.45. The largest absolute Gasteiger partial charge is 0.358 e. The lowest BCUT2D eigenvalue weighted by atomic mass is 10.0. The summed E-state index contributed by atoms with van der Waals surface area (Å²) in [5, 5.41) is 5.74. The Morgan fingerprint density at radius 1 is 1.28 bits per heavy atom. The van der Waals surface area contributed by atoms with Gasteiger partial charge in [0, 0.05) is 55.9 Å². The minimum atomic E-state index is -0.427. The van der Waals surface area contributed by atoms with E-state index in [1.807, 2.05) is 0 Å². The van der Waals surface area contributed by atoms with E-state index in [-0.39, 0.29) is 23.9 Å². The van der Waals surface area contributed by atoms with Gasteiger partial charge >= 0.3 is 6.03 Å². The summed E-state index contributed by atoms with van der Waals surface area (Å²) in [6.45, 7) is 4.66. The van der Waals surface area contributed by atoms with E-state index in [0.717, 1.165) is 0 Å². The zero-order valence-corrected chi connectivity index (χ0v) is 18.5. The van der Waals surface area contributed by atoms with Crippen molar-refractivity contribution in [3.8, 4) is 0 Å². The number of H-pyrrole nitrogens is 1. The van der Waals surface area contributed by atoms with Crippen LogP contribution in [0.25, 0.3) is 11.6 Å². The predicted octanol–water partition coefficient (Wildman–Crippen LogP) is 2.75. The molecule has 2 aromatic rings. The summed E-state index contributed by atoms with van der Waals surface area (Å²) < 4.78 is 13.7. The maximum absolute atomic E-state index is 13.7. The molecule has 2 aliphatic heterocycles. The SMILES string of the molecule is Cc1[nH]c(C=C2C(=O)Nc3ccc(F)cc32)c(C)c1C(=O)NC1CCN(C(=O)N(C)C)C1. The zero-order chi connectivity index (χ0) is 23.2. The molecule has 1 unspecified atom stereocenters. The van der Waals surface area contributed by atoms with Crippen LogP contribution in [0.1, 0.15) is 39.3 Å². The number of rotatable bonds is 3. The van der Waals surface area contributed by atoms with Gasteiger partial charge in [-0.1, -0.05) is 0 Å². The summed E-state index contributed by atoms with van der Waals surface area (Å²) in [6.07, 6.45) is 2.33. The minimum Gasteiger partial charge on any atom is -0.358 e. The van der Waals surface area contributed by atoms with Gasteiger partial charge in [-0.2, -0.15) is 0 Å². The van der Waals surface area contributed by atoms with E-state index in [4.69, 9.17) is 0 Å². The molecule has 4 amide bonds. The highest BCUT2D eigenvalue weighted by Crippen LogP contribution is 2.34. The highest BCUT2D eigenvalue weighted by Gasteiger charge is 2.30. The van der Waals surface area contributed by atoms with Crippen LogP contribution in [0.3, 0.4) is 0 Å². The number of carbonyl (C=O) groups excluding carboxylic acids is 3. The van der Waals surface area contributed by atoms with Crippen molar-refractivity contribution in [2.75, 3.05) is 32.5 Å². The van der Waals surface area contributed by atoms with E-state index >= 15 is 0 Å². The van der Waals surface area contributed by atoms with Crippen LogP contribution in [0.5, 0.6) is 0 Å². The van der Waals surface area contributed by atoms with Crippen LogP contribution < -0.4 is 10.6 Å². The van der Waals surface area contributed by atoms with Crippen LogP contribution in [0.15, 0.2) is 18.2 Å². The zero-order valence-electron chi connectivity index (χ0n) is 18.5. The third kappa shape index (κ3) is 3.86. The molecule has 168 valence electrons. The van der Waals surface area contributed by atoms with Gasteiger partial charge in [0.2, 0.25) is 0 Å². The Morgan fingerprint density at radius 3 is 2.75 bits per heavy atom. The summed E-state index contributed by atoms with van der Waals surface area (Å²) >= 11 is 0. The first-order chi connectivity index (χ1) is 15.2. The summed E-state index contributed by atoms with van der Waals surface area (Å²) in [6, 6.07) is 3.94. The van der Waals surface area contributed by atoms with Gasteiger partial charge in [0.1, 0.15) is 5.82 Å². The molecule has 1 atom stereocenters. The standard InChI is InChI=1S/C23H26FN5O3/c1-12-19(10-17-16-9-14(24)5-6-18(16)27-21(17)30)25-13(2)20(12)22(31)26-15-7-8-29(11-15)23(32)28(3)4/h5-6,9-10,15,25H,7-8,11H2,1-4H3,(H,26,31)(H,27,30). The molecule has 1 fully saturated rings. The third-order valence-electron chi connectivity index (χ3n) is 5.93. The van der Waals surface area contributed by atoms with Gasteiger partial charge in [0.05, 0.1) is 11.1 Å². The number of nitrogens with zero attached hydrogens (tertiary/aromatic N) is 2. The molecule has 8 nitrogen and oxygen atoms in total. The van der Waals surface area contributed by atoms with Crippen LogP contribution in [-0.2, 0) is 4.79 Å². The molecule has 1 aromatic heterocycles. The van der Waals surface area contributed by atoms with E-state index in [0.29, 0.717) is 58.8 Å². The highest BCUT2D eigenvalue weighted by atomic mass is 19.1. The quantitative estimate of drug-likeness (QED) is 0.642. The molecule has 32 heavy (non-hydrogen) atoms. The lowest BCUT2D eigenvalue weighted by molar-refractivity contribution is -0.110. The van der Waals surface area contributed by atoms with Crippen LogP contribution >= 0.6 is 0 Å². The van der Waals surface area contributed by atoms with Crippen molar-refractivity contribution in [1.82, 2.24) is 20.1 Å². The molecule has 4 rings (SSSR count). The number of aromatic amines is 1. The third-order valence-corrected chi connectivity index (χ3v) is 5.93. The summed E-state index contributed by atoms with van der Waals surface area (Å²) in [5.74, 6) is -0.976. The number of benzene rings is 1. The summed E-state index contributed by atoms with van der Waals surface area (Å²) in [7, 11) is 3.41. The number of hydrogen-bond donors (Lipinski definition) is 3. The first kappa shape index (κ1) is 21.6. The van der Waals surface area contributed by atoms with Crippen molar-refractivity contribution >= 4 is 35.2 Å². The van der Waals surface area contributed by atoms with Crippen molar-refractivity contribution in [2.45, 2.75) is 26.3 Å². The number of amides is 4. The average molecular weight is 439 g/mol. The van der Waals surface area contributed by atoms with Crippen LogP contribution in [-0.4, -0.2) is 65.9 Å². The van der Waals surface area contributed by atoms with Crippen molar-refractivity contribution in [3.63, 3.8) is 0 Å². The fraction of sp³-hybridized carbons (Fsp3) is 0.348. The average Bonchev–Trinajstić information content (AvgIpc) is 3.38. The van der Waals surface area contributed by atoms with Gasteiger partial charge < -0.3 is 25.4 Å². The molecule has 3 heterocycles. The van der Waals surface area contributed by atoms with Crippen molar-refractivity contribution in [1.29, 1.82) is 0 Å². The molecule has 0 saturated carbocycles. The highest BCUT2D eigenvalue weighted by molar-refractivity contribution is 6.34. The van der Waals surface area contributed by atoms with E-state index < -0.39 is 5.82 Å². The second kappa shape index (κ2) is 8.14. The fourth-order valence-corrected chi connectivity index (χ4v) is 4.30. The number of fused-ring (bicyclic) bond motifs is 1. The van der Waals surface area contributed by atoms with Gasteiger partial charge in [0.15, 0.2) is 0 Å². The Hall–Kier alpha value is -3.62. The first-order valence-electron chi connectivity index (χ1n) is 10.4. The summed E-state index contributed by atoms with van der Waals surface area (Å²) in [5.41, 5.74) is 3.87. The number of carbonyl (C=O) groups is 3. The topological polar surface area (TPSA) is 97.5 Å². The van der Waals surface area contributed by atoms with E-state index in [2.05, 4.69) is 15.6 Å². The Balaban J connectivity index is 1.55. The number of nitrogens with one attached hydrogen (secondary N) is 3. The monoisotopic (exact) mass is 439 g/mol. The molecule has 0 bridgehead atoms. The Labute approximate surface area is 185 Å². The van der Waals surface area contributed by atoms with Gasteiger partial charge in [-0.3, -0.25) is 9.59 Å². The Kier molecular flexibility index (Phi) is 5.50. The second-order valence-corrected chi connectivity index (χ2v) is 8.45. The predicted molar refractivity (Wildman–Crippen MR) is 120 cm³/mol. The van der Waals surface area contributed by atoms with E-state index in [1.54, 1.807) is 38.9 Å². The number of likely N-dealkylation sites (tertiary alicyclic amines) is 1. The lowest BCUT2D eigenvalue weighted by Gasteiger charge is -2.21. The summed E-state index contributed by atoms with van der Waals surface area (Å²) in [4.78, 5) is 44.0. The molecule has 9 heteroatoms. The Bertz CT molecular complexity index is 1150. The fourth-order valence-electron chi connectivity index (χ4n) is 4.30. The number of urea groups is 1. The van der Waals surface area contributed by atoms with Crippen molar-refractivity contribution in [3.05, 3.63) is 52.1 Å². The molecular formula is C23H26FN5O3. The molecule has 1 aromatic carbocycles. The van der Waals surface area contributed by atoms with Gasteiger partial charge in [-0.05, 0) is 50.1 Å². The van der Waals surface area contributed by atoms with Crippen molar-refractivity contribution in [2.24, 2.45) is 0 Å². The molecule has 2 aliphatic rings. The number of aryl methyl sites for hydroxylation is 1. The van der Waals surface area contributed by atoms with Crippen LogP contribution in [0.2, 0.25) is 0 Å². The lowest BCUT2D eigenvalue weighted by Crippen LogP contribution is -2.41. The number of halogens is 1. The Morgan fingerprint density at radius 2 is 2.03 bits per heavy atom. The maximum Gasteiger partial charge on any atom is 0.319 e. The molecular weight excluding hydrogens is 413 g/mol. The van der Waals surface area contributed by atoms with Gasteiger partial charge in [0.25, 0.3) is 11.8 Å². The number of aromatic nitrogens is 1. The minimum absolute atomic E-state index is 0.0729. The van der Waals surface area contributed by atoms with Crippen molar-refractivity contribution < 1.29 is 18.8 Å².